The molecule has 62 heavy (non-hydrogen) atoms. The van der Waals surface area contributed by atoms with Gasteiger partial charge in [-0.1, -0.05) is 39.8 Å². The number of phenolic OH excluding ortho intramolecular Hbond substituents is 1. The number of carbonyl (C=O) groups excluding carboxylic acids is 4. The minimum absolute atomic E-state index is 0.0197. The third-order valence-corrected chi connectivity index (χ3v) is 12.5. The third kappa shape index (κ3) is 9.08. The van der Waals surface area contributed by atoms with Crippen LogP contribution in [0.1, 0.15) is 77.3 Å². The van der Waals surface area contributed by atoms with Gasteiger partial charge in [-0.15, -0.1) is 0 Å². The van der Waals surface area contributed by atoms with Crippen LogP contribution < -0.4 is 16.1 Å². The normalized spacial score (nSPS) is 22.8. The zero-order valence-electron chi connectivity index (χ0n) is 36.8. The molecule has 0 radical (unpaired) electrons. The number of β-amino-alcohol motifs (C(OH)–C–C–N with tert-alkyl or cyclic N) is 1. The van der Waals surface area contributed by atoms with E-state index in [0.717, 1.165) is 33.3 Å². The Labute approximate surface area is 362 Å². The predicted octanol–water partition coefficient (Wildman–Crippen LogP) is 3.86. The molecule has 15 heteroatoms. The second-order valence-electron chi connectivity index (χ2n) is 18.3. The molecule has 0 saturated carbocycles. The molecule has 3 amide bonds. The topological polar surface area (TPSA) is 199 Å². The van der Waals surface area contributed by atoms with Crippen molar-refractivity contribution >= 4 is 34.6 Å². The standard InChI is InChI=1S/C47H61N7O8/c1-8-53-38-14-13-29-21-33(38)34(42(53)32-11-9-15-49-40(32)27(4)55)22-47(5,6)25-62-46(61)36-12-10-16-54(51-36)45(60)37(19-28-17-30(29)20-31(56)18-28)50-43(58)41(26(2)3)52(7)44(59)35-23-48-24-39(35)57/h9,11,13-15,17-18,20-21,26-27,35-37,39,41,48,51,55-57H,8,10,12,16,19,22-25H2,1-7H3,(H,50,58)/t27-,35+,36-,37-,39-,41-/m0/s1. The van der Waals surface area contributed by atoms with E-state index in [9.17, 15) is 34.5 Å². The van der Waals surface area contributed by atoms with E-state index in [0.29, 0.717) is 42.6 Å². The minimum atomic E-state index is -1.17. The first kappa shape index (κ1) is 44.7. The molecule has 332 valence electrons. The smallest absolute Gasteiger partial charge is 0.324 e. The molecular formula is C47H61N7O8. The number of esters is 1. The Kier molecular flexibility index (Phi) is 13.1. The highest BCUT2D eigenvalue weighted by atomic mass is 16.5. The van der Waals surface area contributed by atoms with E-state index in [1.165, 1.54) is 17.0 Å². The molecule has 6 N–H and O–H groups in total. The number of rotatable bonds is 8. The van der Waals surface area contributed by atoms with Crippen LogP contribution in [-0.2, 0) is 43.3 Å². The lowest BCUT2D eigenvalue weighted by atomic mass is 9.84. The maximum Gasteiger partial charge on any atom is 0.324 e. The number of hydrazine groups is 1. The van der Waals surface area contributed by atoms with Crippen molar-refractivity contribution < 1.29 is 39.2 Å². The number of aromatic nitrogens is 2. The number of aryl methyl sites for hydroxylation is 1. The summed E-state index contributed by atoms with van der Waals surface area (Å²) in [6, 6.07) is 12.1. The number of nitrogens with zero attached hydrogens (tertiary/aromatic N) is 4. The van der Waals surface area contributed by atoms with Crippen molar-refractivity contribution in [3.05, 3.63) is 71.5 Å². The fourth-order valence-electron chi connectivity index (χ4n) is 9.46. The summed E-state index contributed by atoms with van der Waals surface area (Å²) in [7, 11) is 1.54. The summed E-state index contributed by atoms with van der Waals surface area (Å²) < 4.78 is 8.27. The number of nitrogens with one attached hydrogen (secondary N) is 3. The summed E-state index contributed by atoms with van der Waals surface area (Å²) in [5, 5.41) is 40.9. The van der Waals surface area contributed by atoms with Gasteiger partial charge in [-0.25, -0.2) is 5.43 Å². The Morgan fingerprint density at radius 2 is 1.85 bits per heavy atom. The molecule has 2 aromatic carbocycles. The predicted molar refractivity (Wildman–Crippen MR) is 234 cm³/mol. The van der Waals surface area contributed by atoms with Gasteiger partial charge >= 0.3 is 5.97 Å². The second kappa shape index (κ2) is 18.2. The number of hydrogen-bond donors (Lipinski definition) is 6. The van der Waals surface area contributed by atoms with Gasteiger partial charge in [-0.3, -0.25) is 29.2 Å². The summed E-state index contributed by atoms with van der Waals surface area (Å²) in [5.41, 5.74) is 8.83. The molecular weight excluding hydrogens is 791 g/mol. The number of benzene rings is 2. The van der Waals surface area contributed by atoms with Crippen molar-refractivity contribution in [2.45, 2.75) is 104 Å². The molecule has 0 unspecified atom stereocenters. The number of carbonyl (C=O) groups is 4. The molecule has 5 heterocycles. The zero-order chi connectivity index (χ0) is 44.6. The van der Waals surface area contributed by atoms with Crippen molar-refractivity contribution in [2.24, 2.45) is 17.3 Å². The van der Waals surface area contributed by atoms with Crippen LogP contribution >= 0.6 is 0 Å². The Morgan fingerprint density at radius 3 is 2.55 bits per heavy atom. The van der Waals surface area contributed by atoms with Gasteiger partial charge in [0.05, 0.1) is 36.1 Å². The third-order valence-electron chi connectivity index (χ3n) is 12.5. The van der Waals surface area contributed by atoms with E-state index in [-0.39, 0.29) is 50.2 Å². The molecule has 4 aromatic rings. The number of hydrogen-bond acceptors (Lipinski definition) is 11. The van der Waals surface area contributed by atoms with Gasteiger partial charge in [0.15, 0.2) is 0 Å². The Balaban J connectivity index is 1.34. The first-order valence-corrected chi connectivity index (χ1v) is 21.8. The molecule has 6 bridgehead atoms. The maximum atomic E-state index is 14.6. The number of likely N-dealkylation sites (N-methyl/N-ethyl adjacent to an activating group) is 1. The van der Waals surface area contributed by atoms with Gasteiger partial charge in [-0.2, -0.15) is 0 Å². The second-order valence-corrected chi connectivity index (χ2v) is 18.3. The number of cyclic esters (lactones) is 1. The lowest BCUT2D eigenvalue weighted by molar-refractivity contribution is -0.155. The van der Waals surface area contributed by atoms with E-state index < -0.39 is 59.5 Å². The molecule has 2 fully saturated rings. The molecule has 0 aliphatic carbocycles. The van der Waals surface area contributed by atoms with Crippen LogP contribution in [0.25, 0.3) is 33.3 Å². The largest absolute Gasteiger partial charge is 0.508 e. The van der Waals surface area contributed by atoms with Crippen LogP contribution in [0.15, 0.2) is 54.7 Å². The number of ether oxygens (including phenoxy) is 1. The van der Waals surface area contributed by atoms with E-state index in [1.807, 2.05) is 58.0 Å². The van der Waals surface area contributed by atoms with Crippen molar-refractivity contribution in [1.82, 2.24) is 35.5 Å². The summed E-state index contributed by atoms with van der Waals surface area (Å²) in [5.74, 6) is -3.00. The van der Waals surface area contributed by atoms with Gasteiger partial charge in [-0.05, 0) is 97.7 Å². The SMILES string of the molecule is CCn1c(-c2cccnc2[C@H](C)O)c2c3cc(ccc31)-c1cc(O)cc(c1)C[C@H](NC(=O)[C@H](C(C)C)N(C)C(=O)[C@@H]1CNC[C@@H]1O)C(=O)N1CCC[C@H](N1)C(=O)OCC(C)(C)C2. The molecule has 3 aliphatic rings. The number of amides is 3. The van der Waals surface area contributed by atoms with E-state index in [1.54, 1.807) is 25.3 Å². The lowest BCUT2D eigenvalue weighted by Gasteiger charge is -2.37. The number of aliphatic hydroxyl groups excluding tert-OH is 2. The Hall–Kier alpha value is -5.35. The van der Waals surface area contributed by atoms with E-state index in [2.05, 4.69) is 38.6 Å². The molecule has 2 saturated heterocycles. The lowest BCUT2D eigenvalue weighted by Crippen LogP contribution is -2.62. The highest BCUT2D eigenvalue weighted by Gasteiger charge is 2.41. The number of fused-ring (bicyclic) bond motifs is 6. The van der Waals surface area contributed by atoms with Crippen LogP contribution in [-0.4, -0.2) is 116 Å². The van der Waals surface area contributed by atoms with Crippen molar-refractivity contribution in [2.75, 3.05) is 33.3 Å². The Morgan fingerprint density at radius 1 is 1.08 bits per heavy atom. The first-order valence-electron chi connectivity index (χ1n) is 21.8. The summed E-state index contributed by atoms with van der Waals surface area (Å²) >= 11 is 0. The van der Waals surface area contributed by atoms with E-state index in [4.69, 9.17) is 4.74 Å². The number of pyridine rings is 1. The summed E-state index contributed by atoms with van der Waals surface area (Å²) in [6.45, 7) is 13.0. The zero-order valence-corrected chi connectivity index (χ0v) is 36.8. The van der Waals surface area contributed by atoms with Crippen molar-refractivity contribution in [3.63, 3.8) is 0 Å². The molecule has 7 rings (SSSR count). The Bertz CT molecular complexity index is 2340. The van der Waals surface area contributed by atoms with Gasteiger partial charge in [0.1, 0.15) is 23.9 Å². The summed E-state index contributed by atoms with van der Waals surface area (Å²) in [4.78, 5) is 62.3. The van der Waals surface area contributed by atoms with Crippen LogP contribution in [0, 0.1) is 17.3 Å². The van der Waals surface area contributed by atoms with Gasteiger partial charge in [0, 0.05) is 67.7 Å². The van der Waals surface area contributed by atoms with Gasteiger partial charge < -0.3 is 40.2 Å². The summed E-state index contributed by atoms with van der Waals surface area (Å²) in [6.07, 6.45) is 1.37. The molecule has 2 aromatic heterocycles. The highest BCUT2D eigenvalue weighted by Crippen LogP contribution is 2.42. The average molecular weight is 852 g/mol. The molecule has 0 spiro atoms. The quantitative estimate of drug-likeness (QED) is 0.141. The van der Waals surface area contributed by atoms with E-state index >= 15 is 0 Å². The molecule has 15 nitrogen and oxygen atoms in total. The highest BCUT2D eigenvalue weighted by molar-refractivity contribution is 5.96. The number of aliphatic hydroxyl groups is 2. The average Bonchev–Trinajstić information content (AvgIpc) is 3.80. The fourth-order valence-corrected chi connectivity index (χ4v) is 9.46. The molecule has 6 atom stereocenters. The van der Waals surface area contributed by atoms with Crippen molar-refractivity contribution in [1.29, 1.82) is 0 Å². The number of phenols is 1. The molecule has 3 aliphatic heterocycles. The fraction of sp³-hybridized carbons (Fsp3) is 0.511. The first-order chi connectivity index (χ1) is 29.5. The van der Waals surface area contributed by atoms with Crippen LogP contribution in [0.3, 0.4) is 0 Å². The van der Waals surface area contributed by atoms with Crippen LogP contribution in [0.4, 0.5) is 0 Å². The number of aromatic hydroxyl groups is 1. The van der Waals surface area contributed by atoms with Gasteiger partial charge in [0.25, 0.3) is 5.91 Å². The minimum Gasteiger partial charge on any atom is -0.508 e. The monoisotopic (exact) mass is 851 g/mol. The van der Waals surface area contributed by atoms with Gasteiger partial charge in [0.2, 0.25) is 11.8 Å². The van der Waals surface area contributed by atoms with Crippen molar-refractivity contribution in [3.8, 4) is 28.1 Å². The van der Waals surface area contributed by atoms with Crippen LogP contribution in [0.2, 0.25) is 0 Å². The van der Waals surface area contributed by atoms with Crippen LogP contribution in [0.5, 0.6) is 5.75 Å². The maximum absolute atomic E-state index is 14.6.